The standard InChI is InChI=1S/C12H15Br2NO3S/c1-8-5-12(11(14)6-10(8)13)19(16,17)15-7-9-3-2-4-18-9/h5-6,9,15H,2-4,7H2,1H3. The Morgan fingerprint density at radius 2 is 2.11 bits per heavy atom. The lowest BCUT2D eigenvalue weighted by Gasteiger charge is -2.13. The second kappa shape index (κ2) is 6.22. The van der Waals surface area contributed by atoms with Gasteiger partial charge in [-0.15, -0.1) is 0 Å². The maximum atomic E-state index is 12.3. The maximum Gasteiger partial charge on any atom is 0.241 e. The zero-order valence-electron chi connectivity index (χ0n) is 10.4. The highest BCUT2D eigenvalue weighted by atomic mass is 79.9. The monoisotopic (exact) mass is 411 g/mol. The normalized spacial score (nSPS) is 19.8. The van der Waals surface area contributed by atoms with Crippen molar-refractivity contribution in [2.75, 3.05) is 13.2 Å². The number of sulfonamides is 1. The fourth-order valence-corrected chi connectivity index (χ4v) is 4.76. The van der Waals surface area contributed by atoms with Crippen LogP contribution < -0.4 is 4.72 Å². The Labute approximate surface area is 130 Å². The van der Waals surface area contributed by atoms with Crippen LogP contribution in [-0.2, 0) is 14.8 Å². The zero-order chi connectivity index (χ0) is 14.0. The van der Waals surface area contributed by atoms with E-state index in [9.17, 15) is 8.42 Å². The van der Waals surface area contributed by atoms with Crippen molar-refractivity contribution in [3.8, 4) is 0 Å². The van der Waals surface area contributed by atoms with Crippen LogP contribution in [0.2, 0.25) is 0 Å². The van der Waals surface area contributed by atoms with E-state index in [1.54, 1.807) is 12.1 Å². The van der Waals surface area contributed by atoms with Gasteiger partial charge in [-0.1, -0.05) is 15.9 Å². The van der Waals surface area contributed by atoms with Crippen molar-refractivity contribution < 1.29 is 13.2 Å². The van der Waals surface area contributed by atoms with Gasteiger partial charge in [0.1, 0.15) is 0 Å². The summed E-state index contributed by atoms with van der Waals surface area (Å²) in [5, 5.41) is 0. The van der Waals surface area contributed by atoms with E-state index in [1.807, 2.05) is 6.92 Å². The summed E-state index contributed by atoms with van der Waals surface area (Å²) in [6.07, 6.45) is 1.89. The first-order valence-electron chi connectivity index (χ1n) is 5.97. The third-order valence-corrected chi connectivity index (χ3v) is 6.26. The molecule has 0 radical (unpaired) electrons. The SMILES string of the molecule is Cc1cc(S(=O)(=O)NCC2CCCO2)c(Br)cc1Br. The minimum absolute atomic E-state index is 0.00917. The van der Waals surface area contributed by atoms with E-state index in [4.69, 9.17) is 4.74 Å². The molecule has 1 aromatic carbocycles. The molecule has 1 aliphatic heterocycles. The lowest BCUT2D eigenvalue weighted by atomic mass is 10.2. The van der Waals surface area contributed by atoms with Crippen LogP contribution in [0.25, 0.3) is 0 Å². The van der Waals surface area contributed by atoms with Crippen LogP contribution in [0, 0.1) is 6.92 Å². The van der Waals surface area contributed by atoms with Crippen molar-refractivity contribution in [1.82, 2.24) is 4.72 Å². The molecule has 1 saturated heterocycles. The first-order valence-corrected chi connectivity index (χ1v) is 9.04. The lowest BCUT2D eigenvalue weighted by molar-refractivity contribution is 0.114. The largest absolute Gasteiger partial charge is 0.377 e. The van der Waals surface area contributed by atoms with Gasteiger partial charge >= 0.3 is 0 Å². The summed E-state index contributed by atoms with van der Waals surface area (Å²) in [4.78, 5) is 0.256. The lowest BCUT2D eigenvalue weighted by Crippen LogP contribution is -2.32. The van der Waals surface area contributed by atoms with Gasteiger partial charge in [0.2, 0.25) is 10.0 Å². The second-order valence-electron chi connectivity index (χ2n) is 4.52. The number of ether oxygens (including phenoxy) is 1. The molecule has 1 aliphatic rings. The molecule has 1 fully saturated rings. The molecule has 0 amide bonds. The Morgan fingerprint density at radius 1 is 1.37 bits per heavy atom. The highest BCUT2D eigenvalue weighted by Crippen LogP contribution is 2.28. The molecule has 0 aromatic heterocycles. The third kappa shape index (κ3) is 3.78. The second-order valence-corrected chi connectivity index (χ2v) is 7.96. The summed E-state index contributed by atoms with van der Waals surface area (Å²) >= 11 is 6.66. The molecule has 2 rings (SSSR count). The molecule has 0 aliphatic carbocycles. The van der Waals surface area contributed by atoms with Gasteiger partial charge in [0.25, 0.3) is 0 Å². The van der Waals surface area contributed by atoms with Crippen molar-refractivity contribution in [1.29, 1.82) is 0 Å². The van der Waals surface area contributed by atoms with E-state index in [2.05, 4.69) is 36.6 Å². The summed E-state index contributed by atoms with van der Waals surface area (Å²) in [5.41, 5.74) is 0.876. The highest BCUT2D eigenvalue weighted by molar-refractivity contribution is 9.11. The average Bonchev–Trinajstić information content (AvgIpc) is 2.84. The summed E-state index contributed by atoms with van der Waals surface area (Å²) in [6.45, 7) is 2.90. The molecule has 1 unspecified atom stereocenters. The van der Waals surface area contributed by atoms with Crippen LogP contribution in [0.5, 0.6) is 0 Å². The number of aryl methyl sites for hydroxylation is 1. The van der Waals surface area contributed by atoms with E-state index < -0.39 is 10.0 Å². The summed E-state index contributed by atoms with van der Waals surface area (Å²) < 4.78 is 34.0. The van der Waals surface area contributed by atoms with Gasteiger partial charge in [-0.25, -0.2) is 13.1 Å². The molecule has 4 nitrogen and oxygen atoms in total. The van der Waals surface area contributed by atoms with E-state index in [1.165, 1.54) is 0 Å². The first-order chi connectivity index (χ1) is 8.90. The smallest absolute Gasteiger partial charge is 0.241 e. The molecular formula is C12H15Br2NO3S. The molecule has 19 heavy (non-hydrogen) atoms. The van der Waals surface area contributed by atoms with Crippen molar-refractivity contribution in [3.63, 3.8) is 0 Å². The minimum Gasteiger partial charge on any atom is -0.377 e. The number of hydrogen-bond donors (Lipinski definition) is 1. The van der Waals surface area contributed by atoms with E-state index in [-0.39, 0.29) is 11.0 Å². The summed E-state index contributed by atoms with van der Waals surface area (Å²) in [5.74, 6) is 0. The Bertz CT molecular complexity index is 569. The van der Waals surface area contributed by atoms with Crippen LogP contribution in [-0.4, -0.2) is 27.7 Å². The zero-order valence-corrected chi connectivity index (χ0v) is 14.4. The van der Waals surface area contributed by atoms with Gasteiger partial charge in [0.15, 0.2) is 0 Å². The van der Waals surface area contributed by atoms with Crippen LogP contribution in [0.1, 0.15) is 18.4 Å². The van der Waals surface area contributed by atoms with Gasteiger partial charge in [0.05, 0.1) is 11.0 Å². The summed E-state index contributed by atoms with van der Waals surface area (Å²) in [7, 11) is -3.52. The van der Waals surface area contributed by atoms with Crippen molar-refractivity contribution in [2.24, 2.45) is 0 Å². The first kappa shape index (κ1) is 15.4. The van der Waals surface area contributed by atoms with Gasteiger partial charge < -0.3 is 4.74 Å². The predicted molar refractivity (Wildman–Crippen MR) is 80.7 cm³/mol. The Balaban J connectivity index is 2.16. The van der Waals surface area contributed by atoms with Crippen LogP contribution in [0.15, 0.2) is 26.0 Å². The molecule has 0 saturated carbocycles. The van der Waals surface area contributed by atoms with Crippen molar-refractivity contribution in [3.05, 3.63) is 26.6 Å². The van der Waals surface area contributed by atoms with Crippen molar-refractivity contribution >= 4 is 41.9 Å². The van der Waals surface area contributed by atoms with Gasteiger partial charge in [-0.05, 0) is 53.4 Å². The predicted octanol–water partition coefficient (Wildman–Crippen LogP) is 2.98. The molecule has 0 spiro atoms. The highest BCUT2D eigenvalue weighted by Gasteiger charge is 2.22. The quantitative estimate of drug-likeness (QED) is 0.826. The molecule has 1 atom stereocenters. The Kier molecular flexibility index (Phi) is 5.05. The molecule has 1 heterocycles. The van der Waals surface area contributed by atoms with Crippen LogP contribution in [0.4, 0.5) is 0 Å². The maximum absolute atomic E-state index is 12.3. The summed E-state index contributed by atoms with van der Waals surface area (Å²) in [6, 6.07) is 3.39. The number of rotatable bonds is 4. The third-order valence-electron chi connectivity index (χ3n) is 3.03. The van der Waals surface area contributed by atoms with E-state index >= 15 is 0 Å². The number of hydrogen-bond acceptors (Lipinski definition) is 3. The topological polar surface area (TPSA) is 55.4 Å². The van der Waals surface area contributed by atoms with E-state index in [0.29, 0.717) is 17.6 Å². The van der Waals surface area contributed by atoms with E-state index in [0.717, 1.165) is 22.9 Å². The molecule has 0 bridgehead atoms. The molecule has 7 heteroatoms. The fourth-order valence-electron chi connectivity index (χ4n) is 1.92. The van der Waals surface area contributed by atoms with Gasteiger partial charge in [-0.2, -0.15) is 0 Å². The Hall–Kier alpha value is 0.0500. The van der Waals surface area contributed by atoms with Crippen LogP contribution in [0.3, 0.4) is 0 Å². The van der Waals surface area contributed by atoms with Crippen LogP contribution >= 0.6 is 31.9 Å². The fraction of sp³-hybridized carbons (Fsp3) is 0.500. The molecule has 1 N–H and O–H groups in total. The molecule has 106 valence electrons. The van der Waals surface area contributed by atoms with Gasteiger partial charge in [0, 0.05) is 22.1 Å². The Morgan fingerprint density at radius 3 is 2.74 bits per heavy atom. The number of nitrogens with one attached hydrogen (secondary N) is 1. The molecule has 1 aromatic rings. The number of halogens is 2. The number of benzene rings is 1. The minimum atomic E-state index is -3.52. The van der Waals surface area contributed by atoms with Crippen molar-refractivity contribution in [2.45, 2.75) is 30.8 Å². The van der Waals surface area contributed by atoms with Gasteiger partial charge in [-0.3, -0.25) is 0 Å². The molecular weight excluding hydrogens is 398 g/mol. The average molecular weight is 413 g/mol.